The van der Waals surface area contributed by atoms with Crippen molar-refractivity contribution >= 4 is 40.8 Å². The van der Waals surface area contributed by atoms with Crippen molar-refractivity contribution in [1.82, 2.24) is 0 Å². The number of hydrogen-bond acceptors (Lipinski definition) is 6. The van der Waals surface area contributed by atoms with Gasteiger partial charge in [0.05, 0.1) is 13.2 Å². The molecular weight excluding hydrogens is 573 g/mol. The molecule has 1 atom stereocenters. The van der Waals surface area contributed by atoms with Gasteiger partial charge in [0.15, 0.2) is 0 Å². The first-order chi connectivity index (χ1) is 17.8. The van der Waals surface area contributed by atoms with Gasteiger partial charge >= 0.3 is 41.2 Å². The van der Waals surface area contributed by atoms with E-state index in [2.05, 4.69) is 42.4 Å². The number of ether oxygens (including phenoxy) is 2. The maximum absolute atomic E-state index is 13.2. The average molecular weight is 613 g/mol. The fourth-order valence-corrected chi connectivity index (χ4v) is 3.29. The van der Waals surface area contributed by atoms with Crippen molar-refractivity contribution in [3.63, 3.8) is 0 Å². The molecule has 6 nitrogen and oxygen atoms in total. The summed E-state index contributed by atoms with van der Waals surface area (Å²) in [7, 11) is 0. The number of rotatable bonds is 8. The Labute approximate surface area is 263 Å². The summed E-state index contributed by atoms with van der Waals surface area (Å²) in [5, 5.41) is 9.94. The van der Waals surface area contributed by atoms with Crippen LogP contribution in [0.3, 0.4) is 0 Å². The minimum absolute atomic E-state index is 0. The SMILES string of the molecule is CCOC(=O)C(C)=O.CCOC(=O)C(O)(CC(C)(C)c1ccccc1)C(F)(F)F.[CH2-]C(C)(C)c1ccccc1.[Cl-].[Mg+2]. The van der Waals surface area contributed by atoms with Crippen molar-refractivity contribution in [2.45, 2.75) is 77.5 Å². The van der Waals surface area contributed by atoms with Crippen LogP contribution in [0.15, 0.2) is 60.7 Å². The minimum atomic E-state index is -5.11. The van der Waals surface area contributed by atoms with Crippen molar-refractivity contribution in [2.24, 2.45) is 0 Å². The number of benzene rings is 2. The zero-order valence-electron chi connectivity index (χ0n) is 24.8. The molecule has 0 aliphatic carbocycles. The van der Waals surface area contributed by atoms with Gasteiger partial charge in [-0.1, -0.05) is 93.9 Å². The maximum Gasteiger partial charge on any atom is 2.00 e. The Morgan fingerprint density at radius 3 is 1.46 bits per heavy atom. The van der Waals surface area contributed by atoms with E-state index in [-0.39, 0.29) is 54.1 Å². The number of alkyl halides is 3. The van der Waals surface area contributed by atoms with Crippen LogP contribution in [0.4, 0.5) is 13.2 Å². The third kappa shape index (κ3) is 15.1. The largest absolute Gasteiger partial charge is 2.00 e. The van der Waals surface area contributed by atoms with Crippen LogP contribution in [0.25, 0.3) is 0 Å². The van der Waals surface area contributed by atoms with Gasteiger partial charge in [-0.15, -0.1) is 5.41 Å². The molecule has 11 heteroatoms. The molecule has 226 valence electrons. The first-order valence-electron chi connectivity index (χ1n) is 12.4. The summed E-state index contributed by atoms with van der Waals surface area (Å²) in [5.74, 6) is -2.97. The molecule has 41 heavy (non-hydrogen) atoms. The first kappa shape index (κ1) is 43.3. The molecule has 0 saturated heterocycles. The number of hydrogen-bond donors (Lipinski definition) is 1. The number of carbonyl (C=O) groups excluding carboxylic acids is 3. The van der Waals surface area contributed by atoms with Gasteiger partial charge in [-0.3, -0.25) is 4.79 Å². The molecule has 1 unspecified atom stereocenters. The van der Waals surface area contributed by atoms with Crippen molar-refractivity contribution in [3.05, 3.63) is 78.7 Å². The maximum atomic E-state index is 13.2. The van der Waals surface area contributed by atoms with E-state index in [1.807, 2.05) is 18.2 Å². The van der Waals surface area contributed by atoms with E-state index in [0.717, 1.165) is 0 Å². The molecule has 2 aromatic carbocycles. The molecule has 2 rings (SSSR count). The Morgan fingerprint density at radius 2 is 1.20 bits per heavy atom. The van der Waals surface area contributed by atoms with Crippen molar-refractivity contribution in [2.75, 3.05) is 13.2 Å². The number of aliphatic hydroxyl groups is 1. The van der Waals surface area contributed by atoms with Gasteiger partial charge < -0.3 is 33.9 Å². The van der Waals surface area contributed by atoms with E-state index in [4.69, 9.17) is 0 Å². The standard InChI is InChI=1S/C15H19F3O3.C10H13.C5H8O3.ClH.Mg/c1-4-21-12(19)14(20,15(16,17)18)10-13(2,3)11-8-6-5-7-9-11;1-10(2,3)9-7-5-4-6-8-9;1-3-8-5(7)4(2)6;;/h5-9,20H,4,10H2,1-3H3;4-8H,1H2,2-3H3;3H2,1-2H3;1H;/q;-1;;;+2/p-1. The summed E-state index contributed by atoms with van der Waals surface area (Å²) in [6, 6.07) is 18.7. The fourth-order valence-electron chi connectivity index (χ4n) is 3.29. The summed E-state index contributed by atoms with van der Waals surface area (Å²) < 4.78 is 48.2. The second-order valence-corrected chi connectivity index (χ2v) is 10.0. The Balaban J connectivity index is -0.000000602. The van der Waals surface area contributed by atoms with E-state index in [0.29, 0.717) is 5.56 Å². The molecule has 0 aliphatic heterocycles. The Morgan fingerprint density at radius 1 is 0.805 bits per heavy atom. The Bertz CT molecular complexity index is 1040. The topological polar surface area (TPSA) is 89.9 Å². The monoisotopic (exact) mass is 612 g/mol. The van der Waals surface area contributed by atoms with Crippen LogP contribution in [0, 0.1) is 6.92 Å². The quantitative estimate of drug-likeness (QED) is 0.213. The predicted octanol–water partition coefficient (Wildman–Crippen LogP) is 2.77. The third-order valence-corrected chi connectivity index (χ3v) is 5.45. The Kier molecular flexibility index (Phi) is 20.2. The van der Waals surface area contributed by atoms with E-state index < -0.39 is 41.3 Å². The van der Waals surface area contributed by atoms with E-state index >= 15 is 0 Å². The van der Waals surface area contributed by atoms with Crippen molar-refractivity contribution in [3.8, 4) is 0 Å². The van der Waals surface area contributed by atoms with Crippen molar-refractivity contribution < 1.29 is 54.5 Å². The summed E-state index contributed by atoms with van der Waals surface area (Å²) in [4.78, 5) is 31.9. The normalized spacial score (nSPS) is 12.3. The van der Waals surface area contributed by atoms with Crippen LogP contribution in [0.5, 0.6) is 0 Å². The van der Waals surface area contributed by atoms with Crippen LogP contribution >= 0.6 is 0 Å². The number of halogens is 4. The van der Waals surface area contributed by atoms with Crippen LogP contribution < -0.4 is 12.4 Å². The smallest absolute Gasteiger partial charge is 1.00 e. The predicted molar refractivity (Wildman–Crippen MR) is 150 cm³/mol. The molecule has 0 fully saturated rings. The Hall–Kier alpha value is -2.14. The number of esters is 2. The molecule has 1 N–H and O–H groups in total. The summed E-state index contributed by atoms with van der Waals surface area (Å²) in [6.07, 6.45) is -5.92. The van der Waals surface area contributed by atoms with Crippen LogP contribution in [0.2, 0.25) is 0 Å². The fraction of sp³-hybridized carbons (Fsp3) is 0.467. The van der Waals surface area contributed by atoms with E-state index in [1.54, 1.807) is 37.3 Å². The molecule has 0 heterocycles. The van der Waals surface area contributed by atoms with Gasteiger partial charge in [-0.2, -0.15) is 13.2 Å². The van der Waals surface area contributed by atoms with E-state index in [9.17, 15) is 32.7 Å². The molecule has 0 saturated carbocycles. The number of Topliss-reactive ketones (excluding diaryl/α,β-unsaturated/α-hetero) is 1. The summed E-state index contributed by atoms with van der Waals surface area (Å²) in [5.41, 5.74) is -2.66. The minimum Gasteiger partial charge on any atom is -1.00 e. The zero-order valence-corrected chi connectivity index (χ0v) is 27.0. The average Bonchev–Trinajstić information content (AvgIpc) is 2.84. The van der Waals surface area contributed by atoms with Crippen LogP contribution in [-0.4, -0.2) is 70.9 Å². The van der Waals surface area contributed by atoms with Gasteiger partial charge in [0.1, 0.15) is 0 Å². The molecule has 0 aromatic heterocycles. The van der Waals surface area contributed by atoms with Gasteiger partial charge in [0, 0.05) is 13.3 Å². The van der Waals surface area contributed by atoms with E-state index in [1.165, 1.54) is 33.3 Å². The van der Waals surface area contributed by atoms with Gasteiger partial charge in [-0.05, 0) is 24.8 Å². The molecule has 0 radical (unpaired) electrons. The molecular formula is C30H40ClF3MgO6. The third-order valence-electron chi connectivity index (χ3n) is 5.45. The molecule has 0 aliphatic rings. The second-order valence-electron chi connectivity index (χ2n) is 10.0. The van der Waals surface area contributed by atoms with Crippen molar-refractivity contribution in [1.29, 1.82) is 0 Å². The summed E-state index contributed by atoms with van der Waals surface area (Å²) in [6.45, 7) is 15.6. The number of ketones is 1. The molecule has 2 aromatic rings. The molecule has 0 bridgehead atoms. The first-order valence-corrected chi connectivity index (χ1v) is 12.4. The number of carbonyl (C=O) groups is 3. The molecule has 0 spiro atoms. The second kappa shape index (κ2) is 19.1. The summed E-state index contributed by atoms with van der Waals surface area (Å²) >= 11 is 0. The van der Waals surface area contributed by atoms with Crippen LogP contribution in [0.1, 0.15) is 66.0 Å². The van der Waals surface area contributed by atoms with Gasteiger partial charge in [0.2, 0.25) is 5.78 Å². The molecule has 0 amide bonds. The van der Waals surface area contributed by atoms with Gasteiger partial charge in [-0.25, -0.2) is 9.59 Å². The van der Waals surface area contributed by atoms with Gasteiger partial charge in [0.25, 0.3) is 5.60 Å². The zero-order chi connectivity index (χ0) is 30.5. The van der Waals surface area contributed by atoms with Crippen LogP contribution in [-0.2, 0) is 34.7 Å².